The quantitative estimate of drug-likeness (QED) is 0.724. The van der Waals surface area contributed by atoms with Crippen molar-refractivity contribution < 1.29 is 4.79 Å². The van der Waals surface area contributed by atoms with E-state index >= 15 is 0 Å². The van der Waals surface area contributed by atoms with Gasteiger partial charge in [-0.1, -0.05) is 0 Å². The van der Waals surface area contributed by atoms with E-state index in [-0.39, 0.29) is 11.9 Å². The van der Waals surface area contributed by atoms with E-state index in [1.807, 2.05) is 17.9 Å². The molecule has 6 heteroatoms. The highest BCUT2D eigenvalue weighted by Crippen LogP contribution is 2.27. The lowest BCUT2D eigenvalue weighted by Gasteiger charge is -2.24. The second kappa shape index (κ2) is 5.12. The Morgan fingerprint density at radius 3 is 3.06 bits per heavy atom. The minimum Gasteiger partial charge on any atom is -0.396 e. The van der Waals surface area contributed by atoms with Gasteiger partial charge in [0.25, 0.3) is 0 Å². The van der Waals surface area contributed by atoms with Gasteiger partial charge >= 0.3 is 0 Å². The smallest absolute Gasteiger partial charge is 0.240 e. The Balaban J connectivity index is 2.27. The predicted octanol–water partition coefficient (Wildman–Crippen LogP) is 0.550. The van der Waals surface area contributed by atoms with E-state index in [1.54, 1.807) is 6.07 Å². The number of hydrogen-bond donors (Lipinski definition) is 3. The van der Waals surface area contributed by atoms with Crippen molar-refractivity contribution in [2.24, 2.45) is 5.73 Å². The van der Waals surface area contributed by atoms with Crippen LogP contribution in [0, 0.1) is 0 Å². The summed E-state index contributed by atoms with van der Waals surface area (Å²) in [4.78, 5) is 17.8. The van der Waals surface area contributed by atoms with E-state index in [9.17, 15) is 4.79 Å². The Hall–Kier alpha value is -1.98. The molecule has 1 aromatic heterocycles. The molecule has 0 spiro atoms. The molecule has 2 rings (SSSR count). The summed E-state index contributed by atoms with van der Waals surface area (Å²) >= 11 is 0. The number of carbonyl (C=O) groups excluding carboxylic acids is 1. The monoisotopic (exact) mass is 249 g/mol. The number of pyridine rings is 1. The minimum absolute atomic E-state index is 0.254. The van der Waals surface area contributed by atoms with E-state index in [2.05, 4.69) is 10.3 Å². The Morgan fingerprint density at radius 1 is 1.61 bits per heavy atom. The lowest BCUT2D eigenvalue weighted by Crippen LogP contribution is -2.40. The molecule has 0 radical (unpaired) electrons. The number of rotatable bonds is 4. The molecular formula is C12H19N5O. The third-order valence-corrected chi connectivity index (χ3v) is 3.13. The van der Waals surface area contributed by atoms with Gasteiger partial charge in [-0.15, -0.1) is 0 Å². The molecule has 0 aromatic carbocycles. The van der Waals surface area contributed by atoms with Crippen molar-refractivity contribution >= 4 is 23.2 Å². The molecule has 1 aliphatic rings. The second-order valence-corrected chi connectivity index (χ2v) is 4.39. The first-order valence-electron chi connectivity index (χ1n) is 6.19. The summed E-state index contributed by atoms with van der Waals surface area (Å²) in [5.74, 6) is 1.11. The highest BCUT2D eigenvalue weighted by atomic mass is 16.1. The van der Waals surface area contributed by atoms with E-state index in [0.29, 0.717) is 11.5 Å². The fourth-order valence-electron chi connectivity index (χ4n) is 2.27. The van der Waals surface area contributed by atoms with Crippen LogP contribution < -0.4 is 21.7 Å². The molecular weight excluding hydrogens is 230 g/mol. The van der Waals surface area contributed by atoms with Gasteiger partial charge in [-0.05, 0) is 31.9 Å². The molecule has 1 atom stereocenters. The van der Waals surface area contributed by atoms with Crippen molar-refractivity contribution in [3.63, 3.8) is 0 Å². The van der Waals surface area contributed by atoms with Gasteiger partial charge in [0.05, 0.1) is 5.69 Å². The van der Waals surface area contributed by atoms with Crippen LogP contribution in [0.1, 0.15) is 19.8 Å². The van der Waals surface area contributed by atoms with Crippen LogP contribution in [-0.2, 0) is 4.79 Å². The summed E-state index contributed by atoms with van der Waals surface area (Å²) in [7, 11) is 0. The maximum atomic E-state index is 11.4. The van der Waals surface area contributed by atoms with Crippen LogP contribution in [0.3, 0.4) is 0 Å². The summed E-state index contributed by atoms with van der Waals surface area (Å²) < 4.78 is 0. The number of aromatic nitrogens is 1. The first-order valence-corrected chi connectivity index (χ1v) is 6.19. The predicted molar refractivity (Wildman–Crippen MR) is 72.4 cm³/mol. The molecule has 18 heavy (non-hydrogen) atoms. The van der Waals surface area contributed by atoms with Crippen molar-refractivity contribution in [3.05, 3.63) is 12.1 Å². The molecule has 1 saturated heterocycles. The third kappa shape index (κ3) is 2.32. The maximum Gasteiger partial charge on any atom is 0.240 e. The van der Waals surface area contributed by atoms with Crippen molar-refractivity contribution in [3.8, 4) is 0 Å². The summed E-state index contributed by atoms with van der Waals surface area (Å²) in [6, 6.07) is 3.38. The average molecular weight is 249 g/mol. The number of nitrogen functional groups attached to an aromatic ring is 1. The molecule has 0 aliphatic carbocycles. The Labute approximate surface area is 106 Å². The van der Waals surface area contributed by atoms with Crippen LogP contribution in [-0.4, -0.2) is 30.0 Å². The maximum absolute atomic E-state index is 11.4. The van der Waals surface area contributed by atoms with Crippen LogP contribution in [0.5, 0.6) is 0 Å². The molecule has 1 aliphatic heterocycles. The standard InChI is InChI=1S/C12H19N5O/c1-2-15-12-8(13)5-6-10(16-12)17-7-3-4-9(17)11(14)18/h5-6,9H,2-4,7,13H2,1H3,(H2,14,18)(H,15,16). The van der Waals surface area contributed by atoms with Gasteiger partial charge in [0, 0.05) is 13.1 Å². The van der Waals surface area contributed by atoms with Crippen molar-refractivity contribution in [1.82, 2.24) is 4.98 Å². The fraction of sp³-hybridized carbons (Fsp3) is 0.500. The van der Waals surface area contributed by atoms with Crippen LogP contribution in [0.2, 0.25) is 0 Å². The molecule has 0 bridgehead atoms. The van der Waals surface area contributed by atoms with Crippen LogP contribution in [0.15, 0.2) is 12.1 Å². The zero-order chi connectivity index (χ0) is 13.1. The molecule has 6 nitrogen and oxygen atoms in total. The fourth-order valence-corrected chi connectivity index (χ4v) is 2.27. The number of primary amides is 1. The van der Waals surface area contributed by atoms with Gasteiger partial charge in [-0.2, -0.15) is 0 Å². The summed E-state index contributed by atoms with van der Waals surface area (Å²) in [5.41, 5.74) is 11.8. The van der Waals surface area contributed by atoms with E-state index < -0.39 is 0 Å². The van der Waals surface area contributed by atoms with Gasteiger partial charge < -0.3 is 21.7 Å². The van der Waals surface area contributed by atoms with E-state index in [1.165, 1.54) is 0 Å². The molecule has 2 heterocycles. The van der Waals surface area contributed by atoms with Crippen molar-refractivity contribution in [2.75, 3.05) is 29.0 Å². The van der Waals surface area contributed by atoms with Crippen molar-refractivity contribution in [2.45, 2.75) is 25.8 Å². The molecule has 1 aromatic rings. The molecule has 98 valence electrons. The molecule has 1 amide bonds. The zero-order valence-corrected chi connectivity index (χ0v) is 10.5. The van der Waals surface area contributed by atoms with Gasteiger partial charge in [0.2, 0.25) is 5.91 Å². The number of nitrogens with zero attached hydrogens (tertiary/aromatic N) is 2. The Kier molecular flexibility index (Phi) is 3.55. The van der Waals surface area contributed by atoms with E-state index in [4.69, 9.17) is 11.5 Å². The second-order valence-electron chi connectivity index (χ2n) is 4.39. The first kappa shape index (κ1) is 12.5. The highest BCUT2D eigenvalue weighted by Gasteiger charge is 2.30. The molecule has 5 N–H and O–H groups in total. The average Bonchev–Trinajstić information content (AvgIpc) is 2.81. The van der Waals surface area contributed by atoms with Gasteiger partial charge in [0.1, 0.15) is 11.9 Å². The first-order chi connectivity index (χ1) is 8.63. The molecule has 1 fully saturated rings. The number of hydrogen-bond acceptors (Lipinski definition) is 5. The number of amides is 1. The third-order valence-electron chi connectivity index (χ3n) is 3.13. The number of carbonyl (C=O) groups is 1. The van der Waals surface area contributed by atoms with Crippen molar-refractivity contribution in [1.29, 1.82) is 0 Å². The van der Waals surface area contributed by atoms with Crippen LogP contribution >= 0.6 is 0 Å². The zero-order valence-electron chi connectivity index (χ0n) is 10.5. The summed E-state index contributed by atoms with van der Waals surface area (Å²) in [6.07, 6.45) is 1.74. The number of nitrogens with two attached hydrogens (primary N) is 2. The van der Waals surface area contributed by atoms with Crippen LogP contribution in [0.25, 0.3) is 0 Å². The Bertz CT molecular complexity index is 448. The molecule has 0 saturated carbocycles. The minimum atomic E-state index is -0.295. The van der Waals surface area contributed by atoms with Gasteiger partial charge in [-0.25, -0.2) is 4.98 Å². The number of nitrogens with one attached hydrogen (secondary N) is 1. The number of anilines is 3. The lowest BCUT2D eigenvalue weighted by molar-refractivity contribution is -0.119. The lowest BCUT2D eigenvalue weighted by atomic mass is 10.2. The van der Waals surface area contributed by atoms with Gasteiger partial charge in [0.15, 0.2) is 5.82 Å². The highest BCUT2D eigenvalue weighted by molar-refractivity contribution is 5.84. The van der Waals surface area contributed by atoms with Gasteiger partial charge in [-0.3, -0.25) is 4.79 Å². The topological polar surface area (TPSA) is 97.3 Å². The largest absolute Gasteiger partial charge is 0.396 e. The Morgan fingerprint density at radius 2 is 2.39 bits per heavy atom. The summed E-state index contributed by atoms with van der Waals surface area (Å²) in [6.45, 7) is 3.53. The van der Waals surface area contributed by atoms with Crippen LogP contribution in [0.4, 0.5) is 17.3 Å². The molecule has 1 unspecified atom stereocenters. The summed E-state index contributed by atoms with van der Waals surface area (Å²) in [5, 5.41) is 3.10. The SMILES string of the molecule is CCNc1nc(N2CCCC2C(N)=O)ccc1N. The normalized spacial score (nSPS) is 18.9. The van der Waals surface area contributed by atoms with E-state index in [0.717, 1.165) is 31.7 Å².